The summed E-state index contributed by atoms with van der Waals surface area (Å²) >= 11 is 7.17. The molecule has 1 aliphatic rings. The minimum Gasteiger partial charge on any atom is -0.0608 e. The van der Waals surface area contributed by atoms with E-state index in [4.69, 9.17) is 0 Å². The fourth-order valence-electron chi connectivity index (χ4n) is 2.85. The van der Waals surface area contributed by atoms with Gasteiger partial charge in [-0.15, -0.1) is 0 Å². The van der Waals surface area contributed by atoms with Crippen LogP contribution in [0.5, 0.6) is 0 Å². The lowest BCUT2D eigenvalue weighted by atomic mass is 9.61. The highest BCUT2D eigenvalue weighted by atomic mass is 79.9. The highest BCUT2D eigenvalue weighted by Crippen LogP contribution is 2.49. The van der Waals surface area contributed by atoms with Crippen molar-refractivity contribution in [2.24, 2.45) is 0 Å². The first kappa shape index (κ1) is 12.4. The highest BCUT2D eigenvalue weighted by molar-refractivity contribution is 9.10. The van der Waals surface area contributed by atoms with Crippen LogP contribution in [0.1, 0.15) is 30.4 Å². The van der Waals surface area contributed by atoms with Crippen molar-refractivity contribution in [1.29, 1.82) is 0 Å². The van der Waals surface area contributed by atoms with Crippen molar-refractivity contribution in [3.05, 3.63) is 68.6 Å². The molecule has 18 heavy (non-hydrogen) atoms. The quantitative estimate of drug-likeness (QED) is 0.642. The summed E-state index contributed by atoms with van der Waals surface area (Å²) < 4.78 is 2.34. The van der Waals surface area contributed by atoms with E-state index in [2.05, 4.69) is 80.4 Å². The maximum Gasteiger partial charge on any atom is 0.0203 e. The molecule has 0 aromatic heterocycles. The molecule has 92 valence electrons. The van der Waals surface area contributed by atoms with Crippen LogP contribution in [-0.4, -0.2) is 0 Å². The van der Waals surface area contributed by atoms with Gasteiger partial charge < -0.3 is 0 Å². The molecule has 1 saturated carbocycles. The van der Waals surface area contributed by atoms with E-state index in [1.165, 1.54) is 39.3 Å². The van der Waals surface area contributed by atoms with E-state index in [9.17, 15) is 0 Å². The Kier molecular flexibility index (Phi) is 3.33. The predicted molar refractivity (Wildman–Crippen MR) is 82.9 cm³/mol. The van der Waals surface area contributed by atoms with Crippen LogP contribution in [0, 0.1) is 0 Å². The number of benzene rings is 2. The smallest absolute Gasteiger partial charge is 0.0203 e. The van der Waals surface area contributed by atoms with Crippen LogP contribution in [-0.2, 0) is 5.41 Å². The first-order valence-corrected chi connectivity index (χ1v) is 7.81. The Morgan fingerprint density at radius 2 is 1.28 bits per heavy atom. The van der Waals surface area contributed by atoms with E-state index < -0.39 is 0 Å². The SMILES string of the molecule is Brc1cccc(C2(c3cccc(Br)c3)CCC2)c1. The molecule has 0 N–H and O–H groups in total. The summed E-state index contributed by atoms with van der Waals surface area (Å²) in [7, 11) is 0. The summed E-state index contributed by atoms with van der Waals surface area (Å²) in [5.41, 5.74) is 3.09. The number of rotatable bonds is 2. The molecule has 1 aliphatic carbocycles. The van der Waals surface area contributed by atoms with Gasteiger partial charge in [-0.25, -0.2) is 0 Å². The Balaban J connectivity index is 2.10. The molecule has 2 heteroatoms. The molecular weight excluding hydrogens is 352 g/mol. The molecule has 3 rings (SSSR count). The molecule has 2 aromatic carbocycles. The van der Waals surface area contributed by atoms with Gasteiger partial charge in [-0.05, 0) is 48.2 Å². The van der Waals surface area contributed by atoms with Gasteiger partial charge in [0.2, 0.25) is 0 Å². The van der Waals surface area contributed by atoms with Crippen molar-refractivity contribution < 1.29 is 0 Å². The maximum absolute atomic E-state index is 3.59. The average Bonchev–Trinajstić information content (AvgIpc) is 2.28. The van der Waals surface area contributed by atoms with Crippen LogP contribution in [0.2, 0.25) is 0 Å². The van der Waals surface area contributed by atoms with E-state index >= 15 is 0 Å². The lowest BCUT2D eigenvalue weighted by Gasteiger charge is -2.43. The van der Waals surface area contributed by atoms with Crippen LogP contribution in [0.4, 0.5) is 0 Å². The van der Waals surface area contributed by atoms with Crippen molar-refractivity contribution in [2.45, 2.75) is 24.7 Å². The molecule has 0 heterocycles. The molecule has 0 bridgehead atoms. The molecule has 0 aliphatic heterocycles. The van der Waals surface area contributed by atoms with Crippen molar-refractivity contribution >= 4 is 31.9 Å². The van der Waals surface area contributed by atoms with Gasteiger partial charge in [-0.2, -0.15) is 0 Å². The summed E-state index contributed by atoms with van der Waals surface area (Å²) in [6.45, 7) is 0. The molecule has 0 unspecified atom stereocenters. The number of halogens is 2. The zero-order valence-electron chi connectivity index (χ0n) is 10.00. The lowest BCUT2D eigenvalue weighted by molar-refractivity contribution is 0.301. The van der Waals surface area contributed by atoms with Crippen molar-refractivity contribution in [3.63, 3.8) is 0 Å². The van der Waals surface area contributed by atoms with E-state index in [-0.39, 0.29) is 5.41 Å². The minimum absolute atomic E-state index is 0.230. The first-order valence-electron chi connectivity index (χ1n) is 6.23. The van der Waals surface area contributed by atoms with Crippen LogP contribution in [0.25, 0.3) is 0 Å². The molecule has 0 atom stereocenters. The zero-order chi connectivity index (χ0) is 12.6. The average molecular weight is 366 g/mol. The topological polar surface area (TPSA) is 0 Å². The van der Waals surface area contributed by atoms with Gasteiger partial charge in [0, 0.05) is 14.4 Å². The number of hydrogen-bond donors (Lipinski definition) is 0. The highest BCUT2D eigenvalue weighted by Gasteiger charge is 2.40. The van der Waals surface area contributed by atoms with Gasteiger partial charge in [0.15, 0.2) is 0 Å². The van der Waals surface area contributed by atoms with Gasteiger partial charge >= 0.3 is 0 Å². The van der Waals surface area contributed by atoms with E-state index in [0.29, 0.717) is 0 Å². The largest absolute Gasteiger partial charge is 0.0608 e. The fourth-order valence-corrected chi connectivity index (χ4v) is 3.65. The van der Waals surface area contributed by atoms with Crippen LogP contribution in [0.15, 0.2) is 57.5 Å². The second-order valence-corrected chi connectivity index (χ2v) is 6.79. The van der Waals surface area contributed by atoms with Crippen molar-refractivity contribution in [2.75, 3.05) is 0 Å². The predicted octanol–water partition coefficient (Wildman–Crippen LogP) is 5.68. The summed E-state index contributed by atoms with van der Waals surface area (Å²) in [6.07, 6.45) is 3.82. The third-order valence-corrected chi connectivity index (χ3v) is 4.95. The molecule has 0 spiro atoms. The standard InChI is InChI=1S/C16H14Br2/c17-14-6-1-4-12(10-14)16(8-3-9-16)13-5-2-7-15(18)11-13/h1-2,4-7,10-11H,3,8-9H2. The van der Waals surface area contributed by atoms with E-state index in [1.54, 1.807) is 0 Å². The van der Waals surface area contributed by atoms with Gasteiger partial charge in [-0.1, -0.05) is 62.5 Å². The molecule has 1 fully saturated rings. The molecule has 0 radical (unpaired) electrons. The van der Waals surface area contributed by atoms with Crippen LogP contribution >= 0.6 is 31.9 Å². The maximum atomic E-state index is 3.59. The second kappa shape index (κ2) is 4.82. The third kappa shape index (κ3) is 2.06. The Morgan fingerprint density at radius 3 is 1.61 bits per heavy atom. The van der Waals surface area contributed by atoms with Crippen molar-refractivity contribution in [3.8, 4) is 0 Å². The normalized spacial score (nSPS) is 17.2. The zero-order valence-corrected chi connectivity index (χ0v) is 13.2. The Bertz CT molecular complexity index is 523. The van der Waals surface area contributed by atoms with Gasteiger partial charge in [0.05, 0.1) is 0 Å². The van der Waals surface area contributed by atoms with Crippen molar-refractivity contribution in [1.82, 2.24) is 0 Å². The van der Waals surface area contributed by atoms with E-state index in [1.807, 2.05) is 0 Å². The molecule has 0 amide bonds. The van der Waals surface area contributed by atoms with Gasteiger partial charge in [0.1, 0.15) is 0 Å². The monoisotopic (exact) mass is 364 g/mol. The fraction of sp³-hybridized carbons (Fsp3) is 0.250. The third-order valence-electron chi connectivity index (χ3n) is 3.96. The minimum atomic E-state index is 0.230. The molecule has 0 nitrogen and oxygen atoms in total. The Labute approximate surface area is 125 Å². The Morgan fingerprint density at radius 1 is 0.778 bits per heavy atom. The second-order valence-electron chi connectivity index (χ2n) is 4.96. The molecular formula is C16H14Br2. The van der Waals surface area contributed by atoms with Crippen LogP contribution in [0.3, 0.4) is 0 Å². The van der Waals surface area contributed by atoms with Gasteiger partial charge in [0.25, 0.3) is 0 Å². The Hall–Kier alpha value is -0.600. The summed E-state index contributed by atoms with van der Waals surface area (Å²) in [4.78, 5) is 0. The summed E-state index contributed by atoms with van der Waals surface area (Å²) in [5.74, 6) is 0. The molecule has 2 aromatic rings. The summed E-state index contributed by atoms with van der Waals surface area (Å²) in [6, 6.07) is 17.5. The van der Waals surface area contributed by atoms with E-state index in [0.717, 1.165) is 0 Å². The summed E-state index contributed by atoms with van der Waals surface area (Å²) in [5, 5.41) is 0. The van der Waals surface area contributed by atoms with Gasteiger partial charge in [-0.3, -0.25) is 0 Å². The lowest BCUT2D eigenvalue weighted by Crippen LogP contribution is -2.35. The van der Waals surface area contributed by atoms with Crippen LogP contribution < -0.4 is 0 Å². The number of hydrogen-bond acceptors (Lipinski definition) is 0. The molecule has 0 saturated heterocycles. The first-order chi connectivity index (χ1) is 8.71.